The van der Waals surface area contributed by atoms with E-state index in [2.05, 4.69) is 38.3 Å². The van der Waals surface area contributed by atoms with Crippen molar-refractivity contribution < 1.29 is 0 Å². The predicted molar refractivity (Wildman–Crippen MR) is 51.5 cm³/mol. The summed E-state index contributed by atoms with van der Waals surface area (Å²) in [4.78, 5) is 0. The molecule has 0 rings (SSSR count). The zero-order valence-corrected chi connectivity index (χ0v) is 8.48. The van der Waals surface area contributed by atoms with E-state index >= 15 is 0 Å². The van der Waals surface area contributed by atoms with Gasteiger partial charge in [-0.05, 0) is 6.42 Å². The second-order valence-corrected chi connectivity index (χ2v) is 7.84. The highest BCUT2D eigenvalue weighted by Crippen LogP contribution is 2.03. The normalized spacial score (nSPS) is 12.8. The summed E-state index contributed by atoms with van der Waals surface area (Å²) < 4.78 is 0. The molecular formula is C9H19Si. The van der Waals surface area contributed by atoms with Crippen LogP contribution in [0.5, 0.6) is 0 Å². The Hall–Kier alpha value is -0.0431. The molecule has 0 N–H and O–H groups in total. The van der Waals surface area contributed by atoms with Crippen molar-refractivity contribution in [1.29, 1.82) is 0 Å². The van der Waals surface area contributed by atoms with E-state index in [0.717, 1.165) is 0 Å². The first-order valence-electron chi connectivity index (χ1n) is 4.09. The Bertz CT molecular complexity index is 97.8. The molecule has 0 bridgehead atoms. The molecule has 0 aromatic carbocycles. The fraction of sp³-hybridized carbons (Fsp3) is 0.667. The lowest BCUT2D eigenvalue weighted by molar-refractivity contribution is 0.815. The summed E-state index contributed by atoms with van der Waals surface area (Å²) in [5.74, 6) is 0. The van der Waals surface area contributed by atoms with Crippen LogP contribution < -0.4 is 0 Å². The molecule has 0 aliphatic heterocycles. The first-order valence-corrected chi connectivity index (χ1v) is 7.38. The highest BCUT2D eigenvalue weighted by atomic mass is 28.3. The quantitative estimate of drug-likeness (QED) is 0.431. The fourth-order valence-electron chi connectivity index (χ4n) is 0.724. The van der Waals surface area contributed by atoms with E-state index in [1.165, 1.54) is 19.3 Å². The van der Waals surface area contributed by atoms with Crippen LogP contribution >= 0.6 is 0 Å². The third-order valence-corrected chi connectivity index (χ3v) is 2.43. The van der Waals surface area contributed by atoms with E-state index in [1.54, 1.807) is 0 Å². The summed E-state index contributed by atoms with van der Waals surface area (Å²) >= 11 is 0. The van der Waals surface area contributed by atoms with Crippen LogP contribution in [0.3, 0.4) is 0 Å². The van der Waals surface area contributed by atoms with E-state index in [-0.39, 0.29) is 0 Å². The van der Waals surface area contributed by atoms with Crippen molar-refractivity contribution in [2.45, 2.75) is 39.3 Å². The lowest BCUT2D eigenvalue weighted by Gasteiger charge is -2.07. The van der Waals surface area contributed by atoms with E-state index in [4.69, 9.17) is 0 Å². The van der Waals surface area contributed by atoms with E-state index in [0.29, 0.717) is 0 Å². The van der Waals surface area contributed by atoms with Gasteiger partial charge in [0.25, 0.3) is 0 Å². The molecule has 0 unspecified atom stereocenters. The molecule has 0 atom stereocenters. The Balaban J connectivity index is 3.37. The molecule has 0 saturated heterocycles. The van der Waals surface area contributed by atoms with Crippen molar-refractivity contribution in [3.8, 4) is 0 Å². The van der Waals surface area contributed by atoms with E-state index in [9.17, 15) is 0 Å². The largest absolute Gasteiger partial charge is 0.0987 e. The number of rotatable bonds is 4. The van der Waals surface area contributed by atoms with Crippen LogP contribution in [-0.4, -0.2) is 8.07 Å². The highest BCUT2D eigenvalue weighted by Gasteiger charge is 2.05. The molecular weight excluding hydrogens is 136 g/mol. The van der Waals surface area contributed by atoms with Crippen molar-refractivity contribution in [3.05, 3.63) is 18.3 Å². The molecule has 1 radical (unpaired) electrons. The summed E-state index contributed by atoms with van der Waals surface area (Å²) in [6.07, 6.45) is 6.15. The molecule has 0 amide bonds. The number of hydrogen-bond acceptors (Lipinski definition) is 0. The maximum Gasteiger partial charge on any atom is 0.0710 e. The average molecular weight is 155 g/mol. The summed E-state index contributed by atoms with van der Waals surface area (Å²) in [7, 11) is -1.14. The lowest BCUT2D eigenvalue weighted by atomic mass is 10.2. The summed E-state index contributed by atoms with van der Waals surface area (Å²) in [5.41, 5.74) is 2.32. The van der Waals surface area contributed by atoms with Crippen LogP contribution in [0, 0.1) is 6.55 Å². The predicted octanol–water partition coefficient (Wildman–Crippen LogP) is 3.35. The lowest BCUT2D eigenvalue weighted by Crippen LogP contribution is -2.16. The molecule has 0 fully saturated rings. The van der Waals surface area contributed by atoms with Crippen LogP contribution in [0.4, 0.5) is 0 Å². The molecule has 59 valence electrons. The van der Waals surface area contributed by atoms with Crippen molar-refractivity contribution in [2.24, 2.45) is 0 Å². The average Bonchev–Trinajstić information content (AvgIpc) is 1.78. The van der Waals surface area contributed by atoms with Crippen molar-refractivity contribution in [3.63, 3.8) is 0 Å². The van der Waals surface area contributed by atoms with Gasteiger partial charge in [0.1, 0.15) is 0 Å². The topological polar surface area (TPSA) is 0 Å². The molecule has 0 heterocycles. The molecule has 1 heteroatoms. The number of hydrogen-bond donors (Lipinski definition) is 0. The Morgan fingerprint density at radius 2 is 2.00 bits per heavy atom. The third-order valence-electron chi connectivity index (χ3n) is 1.29. The standard InChI is InChI=1S/C9H19Si/c1-5-6-7-8-9-10(2,3)4/h8-9H,2,5-7H2,1,3-4H3. The van der Waals surface area contributed by atoms with Crippen molar-refractivity contribution >= 4 is 8.07 Å². The Morgan fingerprint density at radius 1 is 1.40 bits per heavy atom. The van der Waals surface area contributed by atoms with Gasteiger partial charge in [-0.1, -0.05) is 51.2 Å². The molecule has 0 nitrogen and oxygen atoms in total. The highest BCUT2D eigenvalue weighted by molar-refractivity contribution is 6.83. The van der Waals surface area contributed by atoms with Gasteiger partial charge in [0.15, 0.2) is 0 Å². The van der Waals surface area contributed by atoms with Gasteiger partial charge in [0, 0.05) is 0 Å². The van der Waals surface area contributed by atoms with E-state index < -0.39 is 8.07 Å². The van der Waals surface area contributed by atoms with Gasteiger partial charge in [-0.15, -0.1) is 0 Å². The molecule has 0 aromatic rings. The van der Waals surface area contributed by atoms with Gasteiger partial charge in [-0.2, -0.15) is 0 Å². The minimum atomic E-state index is -1.14. The SMILES string of the molecule is [CH2][Si](C)(C)C=CCCCC. The molecule has 0 aromatic heterocycles. The van der Waals surface area contributed by atoms with Gasteiger partial charge in [0.05, 0.1) is 8.07 Å². The van der Waals surface area contributed by atoms with Gasteiger partial charge < -0.3 is 0 Å². The van der Waals surface area contributed by atoms with Crippen LogP contribution in [0.15, 0.2) is 11.8 Å². The Labute approximate surface area is 66.4 Å². The van der Waals surface area contributed by atoms with Gasteiger partial charge in [0.2, 0.25) is 0 Å². The first kappa shape index (κ1) is 9.96. The van der Waals surface area contributed by atoms with Gasteiger partial charge in [-0.3, -0.25) is 0 Å². The van der Waals surface area contributed by atoms with Crippen LogP contribution in [0.1, 0.15) is 26.2 Å². The Kier molecular flexibility index (Phi) is 4.70. The molecule has 0 spiro atoms. The maximum atomic E-state index is 4.12. The zero-order chi connectivity index (χ0) is 8.04. The Morgan fingerprint density at radius 3 is 2.40 bits per heavy atom. The second-order valence-electron chi connectivity index (χ2n) is 3.53. The summed E-state index contributed by atoms with van der Waals surface area (Å²) in [5, 5.41) is 0. The van der Waals surface area contributed by atoms with Crippen LogP contribution in [0.2, 0.25) is 13.1 Å². The van der Waals surface area contributed by atoms with Crippen molar-refractivity contribution in [1.82, 2.24) is 0 Å². The second kappa shape index (κ2) is 4.72. The van der Waals surface area contributed by atoms with E-state index in [1.807, 2.05) is 0 Å². The smallest absolute Gasteiger partial charge is 0.0710 e. The zero-order valence-electron chi connectivity index (χ0n) is 7.48. The van der Waals surface area contributed by atoms with Crippen LogP contribution in [0.25, 0.3) is 0 Å². The molecule has 0 aliphatic carbocycles. The summed E-state index contributed by atoms with van der Waals surface area (Å²) in [6.45, 7) is 10.9. The number of unbranched alkanes of at least 4 members (excludes halogenated alkanes) is 2. The fourth-order valence-corrected chi connectivity index (χ4v) is 1.53. The molecule has 0 aliphatic rings. The van der Waals surface area contributed by atoms with Crippen molar-refractivity contribution in [2.75, 3.05) is 0 Å². The number of allylic oxidation sites excluding steroid dienone is 1. The van der Waals surface area contributed by atoms with Crippen LogP contribution in [-0.2, 0) is 0 Å². The molecule has 10 heavy (non-hydrogen) atoms. The van der Waals surface area contributed by atoms with Gasteiger partial charge in [-0.25, -0.2) is 0 Å². The third kappa shape index (κ3) is 7.96. The van der Waals surface area contributed by atoms with Gasteiger partial charge >= 0.3 is 0 Å². The minimum Gasteiger partial charge on any atom is -0.0987 e. The summed E-state index contributed by atoms with van der Waals surface area (Å²) in [6, 6.07) is 0. The monoisotopic (exact) mass is 155 g/mol. The molecule has 0 saturated carbocycles. The minimum absolute atomic E-state index is 1.14. The maximum absolute atomic E-state index is 4.12. The first-order chi connectivity index (χ1) is 4.56.